The van der Waals surface area contributed by atoms with Crippen LogP contribution in [-0.2, 0) is 16.6 Å². The molecule has 6 heteroatoms. The molecule has 1 aliphatic carbocycles. The van der Waals surface area contributed by atoms with Crippen LogP contribution in [0.2, 0.25) is 0 Å². The number of hydrogen-bond acceptors (Lipinski definition) is 4. The molecule has 21 heavy (non-hydrogen) atoms. The zero-order valence-electron chi connectivity index (χ0n) is 12.9. The highest BCUT2D eigenvalue weighted by Gasteiger charge is 2.26. The Labute approximate surface area is 127 Å². The Morgan fingerprint density at radius 1 is 1.29 bits per heavy atom. The highest BCUT2D eigenvalue weighted by Crippen LogP contribution is 2.27. The Hall–Kier alpha value is -0.850. The van der Waals surface area contributed by atoms with Gasteiger partial charge in [0, 0.05) is 6.04 Å². The van der Waals surface area contributed by atoms with Gasteiger partial charge in [-0.25, -0.2) is 13.1 Å². The monoisotopic (exact) mass is 314 g/mol. The van der Waals surface area contributed by atoms with Gasteiger partial charge in [-0.1, -0.05) is 26.2 Å². The minimum absolute atomic E-state index is 0.0121. The molecule has 1 aromatic heterocycles. The molecule has 2 rings (SSSR count). The van der Waals surface area contributed by atoms with Gasteiger partial charge in [-0.3, -0.25) is 0 Å². The van der Waals surface area contributed by atoms with Crippen LogP contribution in [0.4, 0.5) is 0 Å². The van der Waals surface area contributed by atoms with Crippen LogP contribution in [0.25, 0.3) is 0 Å². The van der Waals surface area contributed by atoms with Crippen molar-refractivity contribution >= 4 is 10.0 Å². The van der Waals surface area contributed by atoms with E-state index in [9.17, 15) is 8.42 Å². The van der Waals surface area contributed by atoms with Gasteiger partial charge >= 0.3 is 0 Å². The highest BCUT2D eigenvalue weighted by atomic mass is 32.2. The lowest BCUT2D eigenvalue weighted by molar-refractivity contribution is 0.301. The topological polar surface area (TPSA) is 71.3 Å². The summed E-state index contributed by atoms with van der Waals surface area (Å²) in [7, 11) is -3.56. The lowest BCUT2D eigenvalue weighted by Crippen LogP contribution is -2.38. The normalized spacial score (nSPS) is 18.8. The van der Waals surface area contributed by atoms with Crippen molar-refractivity contribution in [1.82, 2.24) is 10.0 Å². The maximum absolute atomic E-state index is 12.3. The van der Waals surface area contributed by atoms with Gasteiger partial charge in [0.2, 0.25) is 5.09 Å². The Kier molecular flexibility index (Phi) is 5.84. The zero-order valence-corrected chi connectivity index (χ0v) is 13.7. The van der Waals surface area contributed by atoms with E-state index >= 15 is 0 Å². The van der Waals surface area contributed by atoms with Gasteiger partial charge in [0.05, 0.1) is 6.54 Å². The van der Waals surface area contributed by atoms with E-state index < -0.39 is 10.0 Å². The van der Waals surface area contributed by atoms with E-state index in [0.717, 1.165) is 19.4 Å². The molecule has 1 saturated carbocycles. The predicted octanol–water partition coefficient (Wildman–Crippen LogP) is 2.64. The SMILES string of the molecule is CCNCc1ccc(S(=O)(=O)NC(C)C2CCCCC2)o1. The first-order chi connectivity index (χ1) is 10.0. The lowest BCUT2D eigenvalue weighted by Gasteiger charge is -2.27. The number of nitrogens with one attached hydrogen (secondary N) is 2. The van der Waals surface area contributed by atoms with Gasteiger partial charge in [0.15, 0.2) is 0 Å². The van der Waals surface area contributed by atoms with Crippen LogP contribution in [-0.4, -0.2) is 21.0 Å². The molecule has 1 aromatic rings. The van der Waals surface area contributed by atoms with Crippen LogP contribution in [0.5, 0.6) is 0 Å². The van der Waals surface area contributed by atoms with Crippen LogP contribution < -0.4 is 10.0 Å². The standard InChI is InChI=1S/C15H26N2O3S/c1-3-16-11-14-9-10-15(20-14)21(18,19)17-12(2)13-7-5-4-6-8-13/h9-10,12-13,16-17H,3-8,11H2,1-2H3. The van der Waals surface area contributed by atoms with Gasteiger partial charge in [0.1, 0.15) is 5.76 Å². The molecule has 0 aromatic carbocycles. The summed E-state index contributed by atoms with van der Waals surface area (Å²) in [5.74, 6) is 1.08. The van der Waals surface area contributed by atoms with E-state index in [1.165, 1.54) is 25.3 Å². The van der Waals surface area contributed by atoms with Gasteiger partial charge in [0.25, 0.3) is 10.0 Å². The third-order valence-corrected chi connectivity index (χ3v) is 5.58. The van der Waals surface area contributed by atoms with Crippen molar-refractivity contribution in [3.05, 3.63) is 17.9 Å². The number of hydrogen-bond donors (Lipinski definition) is 2. The molecule has 1 aliphatic rings. The second kappa shape index (κ2) is 7.42. The van der Waals surface area contributed by atoms with Crippen molar-refractivity contribution < 1.29 is 12.8 Å². The molecular formula is C15H26N2O3S. The van der Waals surface area contributed by atoms with Crippen molar-refractivity contribution in [3.8, 4) is 0 Å². The summed E-state index contributed by atoms with van der Waals surface area (Å²) >= 11 is 0. The van der Waals surface area contributed by atoms with Crippen molar-refractivity contribution in [2.45, 2.75) is 63.6 Å². The fraction of sp³-hybridized carbons (Fsp3) is 0.733. The average Bonchev–Trinajstić information content (AvgIpc) is 2.95. The van der Waals surface area contributed by atoms with Gasteiger partial charge < -0.3 is 9.73 Å². The van der Waals surface area contributed by atoms with E-state index in [2.05, 4.69) is 10.0 Å². The molecule has 1 unspecified atom stereocenters. The molecule has 0 bridgehead atoms. The van der Waals surface area contributed by atoms with E-state index in [1.807, 2.05) is 13.8 Å². The second-order valence-electron chi connectivity index (χ2n) is 5.81. The quantitative estimate of drug-likeness (QED) is 0.811. The van der Waals surface area contributed by atoms with Crippen LogP contribution in [0.15, 0.2) is 21.6 Å². The molecule has 0 aliphatic heterocycles. The summed E-state index contributed by atoms with van der Waals surface area (Å²) in [4.78, 5) is 0. The molecule has 0 amide bonds. The molecule has 1 atom stereocenters. The number of sulfonamides is 1. The Morgan fingerprint density at radius 3 is 2.67 bits per heavy atom. The summed E-state index contributed by atoms with van der Waals surface area (Å²) in [6, 6.07) is 3.20. The average molecular weight is 314 g/mol. The Balaban J connectivity index is 1.98. The van der Waals surface area contributed by atoms with Gasteiger partial charge in [-0.2, -0.15) is 0 Å². The van der Waals surface area contributed by atoms with E-state index in [1.54, 1.807) is 6.07 Å². The summed E-state index contributed by atoms with van der Waals surface area (Å²) in [5.41, 5.74) is 0. The molecular weight excluding hydrogens is 288 g/mol. The first-order valence-corrected chi connectivity index (χ1v) is 9.33. The van der Waals surface area contributed by atoms with Crippen LogP contribution in [0, 0.1) is 5.92 Å². The summed E-state index contributed by atoms with van der Waals surface area (Å²) in [6.07, 6.45) is 5.87. The van der Waals surface area contributed by atoms with Crippen LogP contribution in [0.3, 0.4) is 0 Å². The Morgan fingerprint density at radius 2 is 2.00 bits per heavy atom. The summed E-state index contributed by atoms with van der Waals surface area (Å²) in [6.45, 7) is 5.31. The molecule has 0 saturated heterocycles. The van der Waals surface area contributed by atoms with E-state index in [0.29, 0.717) is 18.2 Å². The molecule has 0 spiro atoms. The van der Waals surface area contributed by atoms with Crippen LogP contribution >= 0.6 is 0 Å². The number of rotatable bonds is 7. The maximum Gasteiger partial charge on any atom is 0.274 e. The van der Waals surface area contributed by atoms with Crippen LogP contribution in [0.1, 0.15) is 51.7 Å². The second-order valence-corrected chi connectivity index (χ2v) is 7.45. The highest BCUT2D eigenvalue weighted by molar-refractivity contribution is 7.89. The molecule has 2 N–H and O–H groups in total. The lowest BCUT2D eigenvalue weighted by atomic mass is 9.85. The molecule has 1 heterocycles. The minimum Gasteiger partial charge on any atom is -0.447 e. The van der Waals surface area contributed by atoms with E-state index in [-0.39, 0.29) is 11.1 Å². The van der Waals surface area contributed by atoms with Crippen molar-refractivity contribution in [3.63, 3.8) is 0 Å². The molecule has 0 radical (unpaired) electrons. The minimum atomic E-state index is -3.56. The first-order valence-electron chi connectivity index (χ1n) is 7.84. The first kappa shape index (κ1) is 16.5. The van der Waals surface area contributed by atoms with E-state index in [4.69, 9.17) is 4.42 Å². The molecule has 120 valence electrons. The third kappa shape index (κ3) is 4.56. The van der Waals surface area contributed by atoms with Crippen molar-refractivity contribution in [2.24, 2.45) is 5.92 Å². The zero-order chi connectivity index (χ0) is 15.3. The van der Waals surface area contributed by atoms with Crippen molar-refractivity contribution in [1.29, 1.82) is 0 Å². The van der Waals surface area contributed by atoms with Gasteiger partial charge in [-0.05, 0) is 44.4 Å². The molecule has 5 nitrogen and oxygen atoms in total. The smallest absolute Gasteiger partial charge is 0.274 e. The summed E-state index contributed by atoms with van der Waals surface area (Å²) < 4.78 is 32.9. The largest absolute Gasteiger partial charge is 0.447 e. The number of furan rings is 1. The van der Waals surface area contributed by atoms with Crippen molar-refractivity contribution in [2.75, 3.05) is 6.54 Å². The molecule has 1 fully saturated rings. The Bertz CT molecular complexity index is 533. The fourth-order valence-corrected chi connectivity index (χ4v) is 4.14. The van der Waals surface area contributed by atoms with Gasteiger partial charge in [-0.15, -0.1) is 0 Å². The third-order valence-electron chi connectivity index (χ3n) is 4.15. The maximum atomic E-state index is 12.3. The fourth-order valence-electron chi connectivity index (χ4n) is 2.88. The predicted molar refractivity (Wildman–Crippen MR) is 82.4 cm³/mol. The summed E-state index contributed by atoms with van der Waals surface area (Å²) in [5, 5.41) is 3.12.